The molecule has 4 aromatic rings. The Morgan fingerprint density at radius 2 is 2.07 bits per heavy atom. The lowest BCUT2D eigenvalue weighted by Crippen LogP contribution is -2.26. The van der Waals surface area contributed by atoms with Crippen molar-refractivity contribution in [3.05, 3.63) is 65.4 Å². The molecule has 0 radical (unpaired) electrons. The summed E-state index contributed by atoms with van der Waals surface area (Å²) in [5, 5.41) is 2.54. The number of rotatable bonds is 4. The average molecular weight is 375 g/mol. The quantitative estimate of drug-likeness (QED) is 0.546. The summed E-state index contributed by atoms with van der Waals surface area (Å²) >= 11 is 0. The van der Waals surface area contributed by atoms with Gasteiger partial charge in [0.1, 0.15) is 11.6 Å². The molecule has 0 unspecified atom stereocenters. The third-order valence-electron chi connectivity index (χ3n) is 5.58. The highest BCUT2D eigenvalue weighted by molar-refractivity contribution is 6.11. The molecule has 2 aromatic heterocycles. The molecular weight excluding hydrogens is 353 g/mol. The Morgan fingerprint density at radius 3 is 2.96 bits per heavy atom. The fourth-order valence-electron chi connectivity index (χ4n) is 4.32. The normalized spacial score (nSPS) is 13.9. The van der Waals surface area contributed by atoms with E-state index in [1.54, 1.807) is 6.07 Å². The van der Waals surface area contributed by atoms with Gasteiger partial charge in [0, 0.05) is 41.9 Å². The number of hydrogen-bond acceptors (Lipinski definition) is 3. The standard InChI is InChI=1S/C23H22FN3O/c1-27-11-5-9-18-21-17-8-2-3-10-19(17)25-22(21)20(26-23(18)27)13-15-6-4-7-16(12-15)28-14-24/h2-4,6-8,10,12,25H,5,9,11,13-14H2,1H3. The van der Waals surface area contributed by atoms with Crippen molar-refractivity contribution >= 4 is 27.6 Å². The Hall–Kier alpha value is -3.08. The van der Waals surface area contributed by atoms with E-state index in [2.05, 4.69) is 41.2 Å². The first-order valence-electron chi connectivity index (χ1n) is 9.65. The van der Waals surface area contributed by atoms with Gasteiger partial charge in [0.15, 0.2) is 0 Å². The third kappa shape index (κ3) is 2.78. The van der Waals surface area contributed by atoms with Crippen molar-refractivity contribution in [1.82, 2.24) is 9.97 Å². The number of alkyl halides is 1. The zero-order valence-corrected chi connectivity index (χ0v) is 15.8. The van der Waals surface area contributed by atoms with Gasteiger partial charge in [-0.1, -0.05) is 30.3 Å². The van der Waals surface area contributed by atoms with Crippen molar-refractivity contribution in [2.45, 2.75) is 19.3 Å². The molecule has 5 heteroatoms. The number of para-hydroxylation sites is 1. The Labute approximate surface area is 163 Å². The first-order chi connectivity index (χ1) is 13.7. The Kier molecular flexibility index (Phi) is 4.15. The number of hydrogen-bond donors (Lipinski definition) is 1. The van der Waals surface area contributed by atoms with Crippen molar-refractivity contribution < 1.29 is 9.13 Å². The van der Waals surface area contributed by atoms with Gasteiger partial charge in [-0.3, -0.25) is 0 Å². The van der Waals surface area contributed by atoms with Crippen LogP contribution in [-0.4, -0.2) is 30.4 Å². The maximum atomic E-state index is 12.6. The van der Waals surface area contributed by atoms with Crippen LogP contribution in [0.2, 0.25) is 0 Å². The second-order valence-corrected chi connectivity index (χ2v) is 7.38. The number of fused-ring (bicyclic) bond motifs is 5. The molecule has 0 fully saturated rings. The number of anilines is 1. The van der Waals surface area contributed by atoms with Crippen molar-refractivity contribution in [2.75, 3.05) is 25.4 Å². The molecule has 1 N–H and O–H groups in total. The minimum Gasteiger partial charge on any atom is -0.463 e. The van der Waals surface area contributed by atoms with Crippen LogP contribution in [0.4, 0.5) is 10.2 Å². The van der Waals surface area contributed by atoms with Gasteiger partial charge in [0.05, 0.1) is 11.2 Å². The summed E-state index contributed by atoms with van der Waals surface area (Å²) in [5.41, 5.74) is 5.64. The molecule has 0 spiro atoms. The lowest BCUT2D eigenvalue weighted by atomic mass is 9.97. The predicted octanol–water partition coefficient (Wildman–Crippen LogP) is 5.00. The van der Waals surface area contributed by atoms with E-state index in [-0.39, 0.29) is 0 Å². The van der Waals surface area contributed by atoms with Crippen molar-refractivity contribution in [3.8, 4) is 5.75 Å². The molecule has 1 aliphatic rings. The second kappa shape index (κ2) is 6.82. The maximum Gasteiger partial charge on any atom is 0.228 e. The summed E-state index contributed by atoms with van der Waals surface area (Å²) in [5.74, 6) is 1.62. The molecule has 0 atom stereocenters. The van der Waals surface area contributed by atoms with Gasteiger partial charge >= 0.3 is 0 Å². The average Bonchev–Trinajstić information content (AvgIpc) is 3.10. The lowest BCUT2D eigenvalue weighted by Gasteiger charge is -2.27. The van der Waals surface area contributed by atoms with Crippen LogP contribution in [0.5, 0.6) is 5.75 Å². The minimum atomic E-state index is -0.822. The second-order valence-electron chi connectivity index (χ2n) is 7.38. The van der Waals surface area contributed by atoms with E-state index in [0.29, 0.717) is 12.2 Å². The van der Waals surface area contributed by atoms with E-state index in [0.717, 1.165) is 47.5 Å². The van der Waals surface area contributed by atoms with Crippen LogP contribution in [0.25, 0.3) is 21.8 Å². The minimum absolute atomic E-state index is 0.544. The van der Waals surface area contributed by atoms with Gasteiger partial charge in [-0.2, -0.15) is 0 Å². The first-order valence-corrected chi connectivity index (χ1v) is 9.65. The Bertz CT molecular complexity index is 1170. The third-order valence-corrected chi connectivity index (χ3v) is 5.58. The summed E-state index contributed by atoms with van der Waals surface area (Å²) in [6, 6.07) is 16.0. The van der Waals surface area contributed by atoms with E-state index >= 15 is 0 Å². The topological polar surface area (TPSA) is 41.2 Å². The van der Waals surface area contributed by atoms with Gasteiger partial charge in [-0.25, -0.2) is 9.37 Å². The van der Waals surface area contributed by atoms with Gasteiger partial charge in [-0.05, 0) is 36.6 Å². The molecule has 0 aliphatic carbocycles. The molecule has 28 heavy (non-hydrogen) atoms. The number of nitrogens with zero attached hydrogens (tertiary/aromatic N) is 2. The lowest BCUT2D eigenvalue weighted by molar-refractivity contribution is 0.191. The highest BCUT2D eigenvalue weighted by Crippen LogP contribution is 2.37. The number of pyridine rings is 1. The van der Waals surface area contributed by atoms with Crippen LogP contribution in [0.15, 0.2) is 48.5 Å². The summed E-state index contributed by atoms with van der Waals surface area (Å²) in [6.07, 6.45) is 2.85. The SMILES string of the molecule is CN1CCCc2c1nc(Cc1cccc(OCF)c1)c1[nH]c3ccccc3c21. The smallest absolute Gasteiger partial charge is 0.228 e. The largest absolute Gasteiger partial charge is 0.463 e. The van der Waals surface area contributed by atoms with Gasteiger partial charge in [-0.15, -0.1) is 0 Å². The number of aromatic amines is 1. The molecular formula is C23H22FN3O. The first kappa shape index (κ1) is 17.0. The molecule has 0 saturated heterocycles. The van der Waals surface area contributed by atoms with Gasteiger partial charge in [0.25, 0.3) is 0 Å². The molecule has 4 nitrogen and oxygen atoms in total. The number of nitrogens with one attached hydrogen (secondary N) is 1. The highest BCUT2D eigenvalue weighted by Gasteiger charge is 2.23. The number of aryl methyl sites for hydroxylation is 1. The van der Waals surface area contributed by atoms with E-state index < -0.39 is 6.86 Å². The van der Waals surface area contributed by atoms with Crippen molar-refractivity contribution in [1.29, 1.82) is 0 Å². The van der Waals surface area contributed by atoms with Crippen LogP contribution in [0.1, 0.15) is 23.2 Å². The van der Waals surface area contributed by atoms with Crippen molar-refractivity contribution in [2.24, 2.45) is 0 Å². The summed E-state index contributed by atoms with van der Waals surface area (Å²) < 4.78 is 17.6. The molecule has 1 aliphatic heterocycles. The van der Waals surface area contributed by atoms with Crippen LogP contribution >= 0.6 is 0 Å². The van der Waals surface area contributed by atoms with Crippen LogP contribution in [0.3, 0.4) is 0 Å². The number of H-pyrrole nitrogens is 1. The number of halogens is 1. The van der Waals surface area contributed by atoms with E-state index in [4.69, 9.17) is 9.72 Å². The monoisotopic (exact) mass is 375 g/mol. The van der Waals surface area contributed by atoms with Crippen LogP contribution < -0.4 is 9.64 Å². The molecule has 142 valence electrons. The van der Waals surface area contributed by atoms with E-state index in [1.807, 2.05) is 18.2 Å². The van der Waals surface area contributed by atoms with Gasteiger partial charge < -0.3 is 14.6 Å². The fraction of sp³-hybridized carbons (Fsp3) is 0.261. The Morgan fingerprint density at radius 1 is 1.18 bits per heavy atom. The van der Waals surface area contributed by atoms with Crippen LogP contribution in [0, 0.1) is 0 Å². The predicted molar refractivity (Wildman–Crippen MR) is 111 cm³/mol. The summed E-state index contributed by atoms with van der Waals surface area (Å²) in [7, 11) is 2.12. The molecule has 0 saturated carbocycles. The Balaban J connectivity index is 1.71. The summed E-state index contributed by atoms with van der Waals surface area (Å²) in [4.78, 5) is 10.9. The van der Waals surface area contributed by atoms with Crippen molar-refractivity contribution in [3.63, 3.8) is 0 Å². The highest BCUT2D eigenvalue weighted by atomic mass is 19.1. The van der Waals surface area contributed by atoms with Gasteiger partial charge in [0.2, 0.25) is 6.86 Å². The number of benzene rings is 2. The van der Waals surface area contributed by atoms with E-state index in [9.17, 15) is 4.39 Å². The number of aromatic nitrogens is 2. The molecule has 2 aromatic carbocycles. The van der Waals surface area contributed by atoms with E-state index in [1.165, 1.54) is 16.3 Å². The molecule has 0 bridgehead atoms. The van der Waals surface area contributed by atoms with Crippen LogP contribution in [-0.2, 0) is 12.8 Å². The molecule has 3 heterocycles. The summed E-state index contributed by atoms with van der Waals surface area (Å²) in [6.45, 7) is 0.199. The zero-order valence-electron chi connectivity index (χ0n) is 15.8. The molecule has 5 rings (SSSR count). The number of ether oxygens (including phenoxy) is 1. The zero-order chi connectivity index (χ0) is 19.1. The maximum absolute atomic E-state index is 12.6. The fourth-order valence-corrected chi connectivity index (χ4v) is 4.32. The molecule has 0 amide bonds.